The Hall–Kier alpha value is -11.5. The van der Waals surface area contributed by atoms with Gasteiger partial charge in [0.15, 0.2) is 0 Å². The van der Waals surface area contributed by atoms with Crippen LogP contribution in [0, 0.1) is 6.07 Å². The van der Waals surface area contributed by atoms with Crippen LogP contribution in [0.5, 0.6) is 11.5 Å². The molecule has 0 aliphatic heterocycles. The van der Waals surface area contributed by atoms with Gasteiger partial charge in [0.2, 0.25) is 0 Å². The van der Waals surface area contributed by atoms with Crippen LogP contribution in [0.25, 0.3) is 131 Å². The van der Waals surface area contributed by atoms with E-state index in [0.717, 1.165) is 136 Å². The van der Waals surface area contributed by atoms with Crippen molar-refractivity contribution in [2.75, 3.05) is 0 Å². The molecule has 0 unspecified atom stereocenters. The van der Waals surface area contributed by atoms with Crippen LogP contribution in [0.4, 0.5) is 11.4 Å². The van der Waals surface area contributed by atoms with Crippen molar-refractivity contribution in [3.05, 3.63) is 349 Å². The number of rotatable bonds is 14. The Kier molecular flexibility index (Phi) is 22.6. The van der Waals surface area contributed by atoms with E-state index in [0.29, 0.717) is 11.1 Å². The molecule has 0 aliphatic carbocycles. The summed E-state index contributed by atoms with van der Waals surface area (Å²) in [5.74, 6) is 0.548. The third-order valence-electron chi connectivity index (χ3n) is 20.7. The van der Waals surface area contributed by atoms with Crippen molar-refractivity contribution in [3.8, 4) is 122 Å². The molecule has 16 aromatic rings. The first-order valence-electron chi connectivity index (χ1n) is 38.3. The van der Waals surface area contributed by atoms with Gasteiger partial charge in [0, 0.05) is 82.7 Å². The van der Waals surface area contributed by atoms with Crippen molar-refractivity contribution in [1.29, 1.82) is 0 Å². The molecule has 2 N–H and O–H groups in total. The summed E-state index contributed by atoms with van der Waals surface area (Å²) in [5, 5.41) is 24.8. The van der Waals surface area contributed by atoms with Crippen LogP contribution in [0.3, 0.4) is 0 Å². The van der Waals surface area contributed by atoms with Gasteiger partial charge in [0.1, 0.15) is 21.5 Å². The van der Waals surface area contributed by atoms with Crippen LogP contribution < -0.4 is 0 Å². The molecule has 0 bridgehead atoms. The minimum atomic E-state index is -0.232. The minimum Gasteiger partial charge on any atom is -0.507 e. The zero-order valence-electron chi connectivity index (χ0n) is 65.9. The Bertz CT molecular complexity index is 5810. The van der Waals surface area contributed by atoms with Gasteiger partial charge in [0.25, 0.3) is 0 Å². The molecular formula is C104H91N4O2PtS2-. The van der Waals surface area contributed by atoms with Crippen molar-refractivity contribution < 1.29 is 31.3 Å². The first-order chi connectivity index (χ1) is 53.8. The zero-order chi connectivity index (χ0) is 78.1. The van der Waals surface area contributed by atoms with E-state index in [2.05, 4.69) is 350 Å². The summed E-state index contributed by atoms with van der Waals surface area (Å²) >= 11 is 3.36. The van der Waals surface area contributed by atoms with Crippen LogP contribution in [-0.2, 0) is 42.7 Å². The molecule has 0 atom stereocenters. The normalized spacial score (nSPS) is 12.0. The molecule has 0 saturated heterocycles. The number of aromatic hydroxyl groups is 2. The van der Waals surface area contributed by atoms with Crippen LogP contribution in [-0.4, -0.2) is 32.6 Å². The molecule has 6 nitrogen and oxygen atoms in total. The molecule has 0 saturated carbocycles. The molecule has 0 fully saturated rings. The Morgan fingerprint density at radius 3 is 1.02 bits per heavy atom. The standard InChI is InChI=1S/C52H46N2OS.C52H45N2OS.Pt/c2*1-51(2,3)42-29-41(49(55)45(32-42)52(4,5)6)33-53-46-26-14-13-25-43(46)50-54-48-44(39-24-16-22-37(28-39)35-19-11-8-12-20-35)30-40(31-47(48)56-50)38-23-15-21-36(27-38)34-17-9-7-10-18-34;/h7-33,55H,1-6H3;7-23,25-33,55H,1-6H3;/q;-1;. The smallest absolute Gasteiger partial charge is 0.128 e. The average Bonchev–Trinajstić information content (AvgIpc) is 1.65. The van der Waals surface area contributed by atoms with E-state index in [1.807, 2.05) is 54.7 Å². The van der Waals surface area contributed by atoms with E-state index in [1.54, 1.807) is 28.9 Å². The molecule has 2 heterocycles. The van der Waals surface area contributed by atoms with E-state index in [9.17, 15) is 10.2 Å². The Labute approximate surface area is 688 Å². The van der Waals surface area contributed by atoms with Crippen LogP contribution in [0.2, 0.25) is 0 Å². The second-order valence-corrected chi connectivity index (χ2v) is 35.0. The molecule has 9 heteroatoms. The third-order valence-corrected chi connectivity index (χ3v) is 22.7. The maximum atomic E-state index is 11.5. The summed E-state index contributed by atoms with van der Waals surface area (Å²) in [6.45, 7) is 26.0. The number of fused-ring (bicyclic) bond motifs is 2. The maximum absolute atomic E-state index is 11.5. The number of aliphatic imine (C=N–C) groups is 2. The first-order valence-corrected chi connectivity index (χ1v) is 40.0. The van der Waals surface area contributed by atoms with Gasteiger partial charge in [-0.1, -0.05) is 307 Å². The van der Waals surface area contributed by atoms with Gasteiger partial charge in [-0.05, 0) is 172 Å². The fourth-order valence-electron chi connectivity index (χ4n) is 14.3. The summed E-state index contributed by atoms with van der Waals surface area (Å²) in [7, 11) is 0. The fraction of sp³-hybridized carbons (Fsp3) is 0.154. The monoisotopic (exact) mass is 1690 g/mol. The van der Waals surface area contributed by atoms with Crippen molar-refractivity contribution in [1.82, 2.24) is 9.97 Å². The number of hydrogen-bond donors (Lipinski definition) is 2. The fourth-order valence-corrected chi connectivity index (χ4v) is 16.5. The van der Waals surface area contributed by atoms with Gasteiger partial charge < -0.3 is 10.2 Å². The van der Waals surface area contributed by atoms with E-state index < -0.39 is 0 Å². The number of para-hydroxylation sites is 2. The van der Waals surface area contributed by atoms with Gasteiger partial charge in [-0.15, -0.1) is 58.1 Å². The number of phenolic OH excluding ortho intramolecular Hbond substituents is 2. The number of aromatic nitrogens is 2. The molecule has 562 valence electrons. The van der Waals surface area contributed by atoms with Gasteiger partial charge in [0.05, 0.1) is 21.6 Å². The summed E-state index contributed by atoms with van der Waals surface area (Å²) in [6.07, 6.45) is 3.61. The molecule has 0 aliphatic rings. The van der Waals surface area contributed by atoms with Gasteiger partial charge >= 0.3 is 0 Å². The van der Waals surface area contributed by atoms with Gasteiger partial charge in [-0.2, -0.15) is 0 Å². The summed E-state index contributed by atoms with van der Waals surface area (Å²) < 4.78 is 2.19. The van der Waals surface area contributed by atoms with Crippen molar-refractivity contribution in [3.63, 3.8) is 0 Å². The van der Waals surface area contributed by atoms with E-state index in [4.69, 9.17) is 20.0 Å². The first kappa shape index (κ1) is 78.2. The van der Waals surface area contributed by atoms with E-state index in [1.165, 1.54) is 27.8 Å². The van der Waals surface area contributed by atoms with Crippen LogP contribution >= 0.6 is 22.7 Å². The largest absolute Gasteiger partial charge is 0.507 e. The number of hydrogen-bond acceptors (Lipinski definition) is 8. The molecule has 113 heavy (non-hydrogen) atoms. The Morgan fingerprint density at radius 1 is 0.301 bits per heavy atom. The second kappa shape index (κ2) is 32.7. The maximum Gasteiger partial charge on any atom is 0.128 e. The van der Waals surface area contributed by atoms with Crippen LogP contribution in [0.15, 0.2) is 319 Å². The Morgan fingerprint density at radius 2 is 0.628 bits per heavy atom. The molecule has 0 spiro atoms. The molecular weight excluding hydrogens is 1600 g/mol. The Balaban J connectivity index is 0.000000186. The van der Waals surface area contributed by atoms with Crippen LogP contribution in [0.1, 0.15) is 116 Å². The average molecular weight is 1690 g/mol. The van der Waals surface area contributed by atoms with Gasteiger partial charge in [-0.3, -0.25) is 9.98 Å². The number of thiazole rings is 2. The van der Waals surface area contributed by atoms with E-state index >= 15 is 0 Å². The predicted molar refractivity (Wildman–Crippen MR) is 478 cm³/mol. The molecule has 2 aromatic heterocycles. The number of nitrogens with zero attached hydrogens (tertiary/aromatic N) is 4. The molecule has 0 radical (unpaired) electrons. The molecule has 0 amide bonds. The summed E-state index contributed by atoms with van der Waals surface area (Å²) in [4.78, 5) is 20.8. The summed E-state index contributed by atoms with van der Waals surface area (Å²) in [6, 6.07) is 112. The van der Waals surface area contributed by atoms with Crippen molar-refractivity contribution in [2.24, 2.45) is 9.98 Å². The molecule has 14 aromatic carbocycles. The predicted octanol–water partition coefficient (Wildman–Crippen LogP) is 29.2. The summed E-state index contributed by atoms with van der Waals surface area (Å²) in [5.41, 5.74) is 28.4. The molecule has 16 rings (SSSR count). The number of benzene rings is 14. The van der Waals surface area contributed by atoms with Gasteiger partial charge in [-0.25, -0.2) is 9.97 Å². The SMILES string of the molecule is CC(C)(C)c1cc(C=Nc2ccccc2-c2nc3c(-c4[c-]ccc(-c5ccccc5)c4)cc(-c4cccc(-c5ccccc5)c4)cc3s2)c(O)c(C(C)(C)C)c1.CC(C)(C)c1cc(C=Nc2ccccc2-c2nc3c(-c4cccc(-c5ccccc5)c4)cc(-c4cccc(-c5ccccc5)c4)cc3s2)c(O)c(C(C)(C)C)c1.[Pt]. The zero-order valence-corrected chi connectivity index (χ0v) is 69.8. The quantitative estimate of drug-likeness (QED) is 0.0838. The van der Waals surface area contributed by atoms with Crippen molar-refractivity contribution in [2.45, 2.75) is 105 Å². The van der Waals surface area contributed by atoms with E-state index in [-0.39, 0.29) is 54.2 Å². The number of phenols is 2. The topological polar surface area (TPSA) is 91.0 Å². The third kappa shape index (κ3) is 17.4. The minimum absolute atomic E-state index is 0. The second-order valence-electron chi connectivity index (χ2n) is 33.0. The van der Waals surface area contributed by atoms with Crippen molar-refractivity contribution >= 4 is 66.9 Å².